The predicted molar refractivity (Wildman–Crippen MR) is 107 cm³/mol. The van der Waals surface area contributed by atoms with Crippen LogP contribution in [-0.2, 0) is 19.6 Å². The highest BCUT2D eigenvalue weighted by atomic mass is 16.4. The lowest BCUT2D eigenvalue weighted by atomic mass is 10.2. The summed E-state index contributed by atoms with van der Waals surface area (Å²) in [6.45, 7) is 1.01. The molecule has 0 atom stereocenters. The van der Waals surface area contributed by atoms with Gasteiger partial charge in [-0.25, -0.2) is 14.4 Å². The maximum atomic E-state index is 11.0. The van der Waals surface area contributed by atoms with Gasteiger partial charge in [0.15, 0.2) is 0 Å². The lowest BCUT2D eigenvalue weighted by Gasteiger charge is -2.21. The highest BCUT2D eigenvalue weighted by Crippen LogP contribution is 2.13. The van der Waals surface area contributed by atoms with Crippen LogP contribution in [0, 0.1) is 0 Å². The summed E-state index contributed by atoms with van der Waals surface area (Å²) in [5.41, 5.74) is 2.09. The fourth-order valence-electron chi connectivity index (χ4n) is 2.79. The molecule has 0 saturated heterocycles. The zero-order valence-corrected chi connectivity index (χ0v) is 16.2. The van der Waals surface area contributed by atoms with Crippen LogP contribution in [0.2, 0.25) is 0 Å². The Morgan fingerprint density at radius 1 is 0.581 bits per heavy atom. The second kappa shape index (κ2) is 9.55. The minimum Gasteiger partial charge on any atom is -0.478 e. The molecule has 3 N–H and O–H groups in total. The van der Waals surface area contributed by atoms with Crippen molar-refractivity contribution >= 4 is 17.9 Å². The average Bonchev–Trinajstić information content (AvgIpc) is 2.75. The second-order valence-corrected chi connectivity index (χ2v) is 6.68. The van der Waals surface area contributed by atoms with E-state index in [0.717, 1.165) is 0 Å². The second-order valence-electron chi connectivity index (χ2n) is 6.68. The van der Waals surface area contributed by atoms with Crippen LogP contribution < -0.4 is 0 Å². The fourth-order valence-corrected chi connectivity index (χ4v) is 2.79. The number of carbonyl (C=O) groups is 3. The van der Waals surface area contributed by atoms with Crippen LogP contribution >= 0.6 is 0 Å². The number of pyridine rings is 3. The Balaban J connectivity index is 1.80. The minimum absolute atomic E-state index is 0.0761. The maximum Gasteiger partial charge on any atom is 0.337 e. The van der Waals surface area contributed by atoms with Gasteiger partial charge in [0.1, 0.15) is 0 Å². The van der Waals surface area contributed by atoms with Gasteiger partial charge in [-0.1, -0.05) is 0 Å². The molecule has 0 aliphatic heterocycles. The standard InChI is InChI=1S/C21H18N4O6/c26-19(27)13-1-4-16(22-7-13)10-25(11-17-5-2-14(8-23-17)20(28)29)12-18-6-3-15(9-24-18)21(30)31/h1-9H,10-12H2,(H,26,27)(H,28,29)(H,30,31). The van der Waals surface area contributed by atoms with Crippen LogP contribution in [0.5, 0.6) is 0 Å². The van der Waals surface area contributed by atoms with Crippen LogP contribution in [0.1, 0.15) is 48.2 Å². The van der Waals surface area contributed by atoms with Crippen molar-refractivity contribution in [2.24, 2.45) is 0 Å². The first-order valence-electron chi connectivity index (χ1n) is 9.09. The van der Waals surface area contributed by atoms with Crippen molar-refractivity contribution in [3.8, 4) is 0 Å². The third-order valence-electron chi connectivity index (χ3n) is 4.37. The van der Waals surface area contributed by atoms with E-state index in [0.29, 0.717) is 36.7 Å². The summed E-state index contributed by atoms with van der Waals surface area (Å²) in [5, 5.41) is 27.1. The Morgan fingerprint density at radius 2 is 0.871 bits per heavy atom. The summed E-state index contributed by atoms with van der Waals surface area (Å²) < 4.78 is 0. The Bertz CT molecular complexity index is 941. The van der Waals surface area contributed by atoms with Gasteiger partial charge < -0.3 is 15.3 Å². The smallest absolute Gasteiger partial charge is 0.337 e. The number of rotatable bonds is 9. The van der Waals surface area contributed by atoms with Gasteiger partial charge in [-0.3, -0.25) is 19.9 Å². The average molecular weight is 422 g/mol. The van der Waals surface area contributed by atoms with Crippen molar-refractivity contribution in [1.29, 1.82) is 0 Å². The molecular weight excluding hydrogens is 404 g/mol. The summed E-state index contributed by atoms with van der Waals surface area (Å²) in [7, 11) is 0. The van der Waals surface area contributed by atoms with Crippen LogP contribution in [-0.4, -0.2) is 53.1 Å². The van der Waals surface area contributed by atoms with Crippen LogP contribution in [0.25, 0.3) is 0 Å². The van der Waals surface area contributed by atoms with Crippen molar-refractivity contribution in [1.82, 2.24) is 19.9 Å². The Kier molecular flexibility index (Phi) is 6.63. The summed E-state index contributed by atoms with van der Waals surface area (Å²) in [5.74, 6) is -3.20. The molecule has 3 rings (SSSR count). The highest BCUT2D eigenvalue weighted by Gasteiger charge is 2.13. The number of nitrogens with zero attached hydrogens (tertiary/aromatic N) is 4. The van der Waals surface area contributed by atoms with Crippen molar-refractivity contribution < 1.29 is 29.7 Å². The molecule has 0 spiro atoms. The molecule has 10 nitrogen and oxygen atoms in total. The van der Waals surface area contributed by atoms with Crippen LogP contribution in [0.4, 0.5) is 0 Å². The molecule has 0 bridgehead atoms. The number of aromatic carboxylic acids is 3. The topological polar surface area (TPSA) is 154 Å². The van der Waals surface area contributed by atoms with E-state index in [-0.39, 0.29) is 16.7 Å². The zero-order chi connectivity index (χ0) is 22.4. The van der Waals surface area contributed by atoms with Crippen molar-refractivity contribution in [3.05, 3.63) is 88.8 Å². The maximum absolute atomic E-state index is 11.0. The molecule has 0 unspecified atom stereocenters. The molecule has 3 aromatic heterocycles. The zero-order valence-electron chi connectivity index (χ0n) is 16.2. The van der Waals surface area contributed by atoms with Gasteiger partial charge in [-0.2, -0.15) is 0 Å². The summed E-state index contributed by atoms with van der Waals surface area (Å²) >= 11 is 0. The Morgan fingerprint density at radius 3 is 1.06 bits per heavy atom. The largest absolute Gasteiger partial charge is 0.478 e. The number of aromatic nitrogens is 3. The number of carboxylic acids is 3. The van der Waals surface area contributed by atoms with E-state index in [2.05, 4.69) is 15.0 Å². The Labute approximate surface area is 176 Å². The predicted octanol–water partition coefficient (Wildman–Crippen LogP) is 2.17. The molecule has 3 heterocycles. The van der Waals surface area contributed by atoms with Gasteiger partial charge in [-0.05, 0) is 36.4 Å². The van der Waals surface area contributed by atoms with E-state index in [9.17, 15) is 14.4 Å². The molecule has 0 amide bonds. The van der Waals surface area contributed by atoms with Crippen molar-refractivity contribution in [2.45, 2.75) is 19.6 Å². The van der Waals surface area contributed by atoms with E-state index in [1.54, 1.807) is 18.2 Å². The molecule has 0 aliphatic rings. The summed E-state index contributed by atoms with van der Waals surface area (Å²) in [6.07, 6.45) is 3.82. The summed E-state index contributed by atoms with van der Waals surface area (Å²) in [6, 6.07) is 9.21. The third kappa shape index (κ3) is 5.90. The van der Waals surface area contributed by atoms with Gasteiger partial charge >= 0.3 is 17.9 Å². The number of hydrogen-bond acceptors (Lipinski definition) is 7. The first-order valence-corrected chi connectivity index (χ1v) is 9.09. The molecule has 0 radical (unpaired) electrons. The summed E-state index contributed by atoms with van der Waals surface area (Å²) in [4.78, 5) is 47.5. The quantitative estimate of drug-likeness (QED) is 0.467. The molecule has 0 saturated carbocycles. The van der Waals surface area contributed by atoms with E-state index in [4.69, 9.17) is 15.3 Å². The van der Waals surface area contributed by atoms with Crippen LogP contribution in [0.15, 0.2) is 55.0 Å². The van der Waals surface area contributed by atoms with Crippen molar-refractivity contribution in [2.75, 3.05) is 0 Å². The van der Waals surface area contributed by atoms with Gasteiger partial charge in [0, 0.05) is 38.2 Å². The van der Waals surface area contributed by atoms with E-state index >= 15 is 0 Å². The molecule has 10 heteroatoms. The monoisotopic (exact) mass is 422 g/mol. The van der Waals surface area contributed by atoms with Crippen molar-refractivity contribution in [3.63, 3.8) is 0 Å². The van der Waals surface area contributed by atoms with E-state index in [1.165, 1.54) is 36.8 Å². The molecule has 158 valence electrons. The molecular formula is C21H18N4O6. The van der Waals surface area contributed by atoms with Gasteiger partial charge in [0.2, 0.25) is 0 Å². The Hall–Kier alpha value is -4.18. The molecule has 31 heavy (non-hydrogen) atoms. The third-order valence-corrected chi connectivity index (χ3v) is 4.37. The SMILES string of the molecule is O=C(O)c1ccc(CN(Cc2ccc(C(=O)O)cn2)Cc2ccc(C(=O)O)cn2)nc1. The van der Waals surface area contributed by atoms with Gasteiger partial charge in [0.25, 0.3) is 0 Å². The van der Waals surface area contributed by atoms with E-state index in [1.807, 2.05) is 4.90 Å². The molecule has 0 aliphatic carbocycles. The number of hydrogen-bond donors (Lipinski definition) is 3. The van der Waals surface area contributed by atoms with Crippen LogP contribution in [0.3, 0.4) is 0 Å². The minimum atomic E-state index is -1.07. The normalized spacial score (nSPS) is 10.7. The lowest BCUT2D eigenvalue weighted by molar-refractivity contribution is 0.0685. The lowest BCUT2D eigenvalue weighted by Crippen LogP contribution is -2.24. The molecule has 0 aromatic carbocycles. The molecule has 0 fully saturated rings. The fraction of sp³-hybridized carbons (Fsp3) is 0.143. The first kappa shape index (κ1) is 21.5. The molecule has 3 aromatic rings. The number of carboxylic acid groups (broad SMARTS) is 3. The van der Waals surface area contributed by atoms with Gasteiger partial charge in [-0.15, -0.1) is 0 Å². The highest BCUT2D eigenvalue weighted by molar-refractivity contribution is 5.87. The van der Waals surface area contributed by atoms with Gasteiger partial charge in [0.05, 0.1) is 33.8 Å². The first-order chi connectivity index (χ1) is 14.8. The van der Waals surface area contributed by atoms with E-state index < -0.39 is 17.9 Å².